The first-order valence-electron chi connectivity index (χ1n) is 4.88. The molecule has 1 aromatic heterocycles. The zero-order valence-electron chi connectivity index (χ0n) is 9.94. The summed E-state index contributed by atoms with van der Waals surface area (Å²) in [5.74, 6) is 0. The van der Waals surface area contributed by atoms with Crippen molar-refractivity contribution < 1.29 is 13.2 Å². The first kappa shape index (κ1) is 13.1. The largest absolute Gasteiger partial charge is 0.383 e. The summed E-state index contributed by atoms with van der Waals surface area (Å²) in [6.07, 6.45) is 0. The number of likely N-dealkylation sites (N-methyl/N-ethyl adjacent to an activating group) is 1. The summed E-state index contributed by atoms with van der Waals surface area (Å²) in [5, 5.41) is 6.55. The van der Waals surface area contributed by atoms with Crippen molar-refractivity contribution in [2.45, 2.75) is 18.7 Å². The molecule has 0 aromatic carbocycles. The van der Waals surface area contributed by atoms with Crippen molar-refractivity contribution in [3.8, 4) is 0 Å². The van der Waals surface area contributed by atoms with E-state index in [0.717, 1.165) is 0 Å². The van der Waals surface area contributed by atoms with Crippen LogP contribution >= 0.6 is 0 Å². The molecular formula is C9H17N3O3S. The third-order valence-corrected chi connectivity index (χ3v) is 4.46. The molecule has 1 heterocycles. The van der Waals surface area contributed by atoms with Gasteiger partial charge in [-0.3, -0.25) is 5.10 Å². The van der Waals surface area contributed by atoms with Crippen molar-refractivity contribution in [3.05, 3.63) is 11.4 Å². The van der Waals surface area contributed by atoms with E-state index in [1.807, 2.05) is 0 Å². The van der Waals surface area contributed by atoms with Crippen LogP contribution in [-0.2, 0) is 14.8 Å². The number of H-pyrrole nitrogens is 1. The van der Waals surface area contributed by atoms with Gasteiger partial charge in [0.15, 0.2) is 0 Å². The Morgan fingerprint density at radius 1 is 1.44 bits per heavy atom. The van der Waals surface area contributed by atoms with Gasteiger partial charge in [-0.25, -0.2) is 8.42 Å². The van der Waals surface area contributed by atoms with Crippen LogP contribution in [0.15, 0.2) is 4.90 Å². The number of hydrogen-bond donors (Lipinski definition) is 1. The quantitative estimate of drug-likeness (QED) is 0.811. The monoisotopic (exact) mass is 247 g/mol. The Morgan fingerprint density at radius 2 is 2.06 bits per heavy atom. The van der Waals surface area contributed by atoms with E-state index in [0.29, 0.717) is 24.5 Å². The van der Waals surface area contributed by atoms with Crippen LogP contribution in [0.1, 0.15) is 11.4 Å². The van der Waals surface area contributed by atoms with Crippen molar-refractivity contribution >= 4 is 10.0 Å². The van der Waals surface area contributed by atoms with E-state index in [-0.39, 0.29) is 4.90 Å². The number of nitrogens with one attached hydrogen (secondary N) is 1. The lowest BCUT2D eigenvalue weighted by Gasteiger charge is -2.16. The van der Waals surface area contributed by atoms with Crippen LogP contribution in [0.3, 0.4) is 0 Å². The van der Waals surface area contributed by atoms with E-state index in [9.17, 15) is 8.42 Å². The predicted octanol–water partition coefficient (Wildman–Crippen LogP) is 0.293. The predicted molar refractivity (Wildman–Crippen MR) is 59.8 cm³/mol. The molecule has 0 bridgehead atoms. The number of aromatic amines is 1. The molecule has 0 saturated carbocycles. The van der Waals surface area contributed by atoms with Gasteiger partial charge < -0.3 is 4.74 Å². The first-order chi connectivity index (χ1) is 7.41. The lowest BCUT2D eigenvalue weighted by Crippen LogP contribution is -2.30. The number of aromatic nitrogens is 2. The van der Waals surface area contributed by atoms with Crippen LogP contribution < -0.4 is 0 Å². The average Bonchev–Trinajstić information content (AvgIpc) is 2.55. The lowest BCUT2D eigenvalue weighted by atomic mass is 10.4. The highest BCUT2D eigenvalue weighted by molar-refractivity contribution is 7.89. The van der Waals surface area contributed by atoms with Crippen molar-refractivity contribution in [1.29, 1.82) is 0 Å². The summed E-state index contributed by atoms with van der Waals surface area (Å²) in [6.45, 7) is 4.05. The van der Waals surface area contributed by atoms with Gasteiger partial charge in [-0.1, -0.05) is 0 Å². The molecule has 0 atom stereocenters. The smallest absolute Gasteiger partial charge is 0.246 e. The lowest BCUT2D eigenvalue weighted by molar-refractivity contribution is 0.185. The van der Waals surface area contributed by atoms with E-state index in [4.69, 9.17) is 4.74 Å². The van der Waals surface area contributed by atoms with Crippen LogP contribution in [0.2, 0.25) is 0 Å². The molecule has 92 valence electrons. The first-order valence-corrected chi connectivity index (χ1v) is 6.32. The van der Waals surface area contributed by atoms with Gasteiger partial charge in [0.1, 0.15) is 4.90 Å². The highest BCUT2D eigenvalue weighted by Gasteiger charge is 2.26. The zero-order chi connectivity index (χ0) is 12.3. The second kappa shape index (κ2) is 4.94. The normalized spacial score (nSPS) is 12.3. The number of hydrogen-bond acceptors (Lipinski definition) is 4. The molecule has 16 heavy (non-hydrogen) atoms. The molecule has 1 aromatic rings. The maximum Gasteiger partial charge on any atom is 0.246 e. The van der Waals surface area contributed by atoms with E-state index in [1.54, 1.807) is 13.8 Å². The molecule has 6 nitrogen and oxygen atoms in total. The highest BCUT2D eigenvalue weighted by atomic mass is 32.2. The van der Waals surface area contributed by atoms with E-state index >= 15 is 0 Å². The van der Waals surface area contributed by atoms with E-state index < -0.39 is 10.0 Å². The number of methoxy groups -OCH3 is 1. The fourth-order valence-electron chi connectivity index (χ4n) is 1.42. The molecule has 0 aliphatic carbocycles. The Kier molecular flexibility index (Phi) is 4.06. The fourth-order valence-corrected chi connectivity index (χ4v) is 2.89. The van der Waals surface area contributed by atoms with Crippen LogP contribution in [-0.4, -0.2) is 50.2 Å². The number of rotatable bonds is 5. The number of nitrogens with zero attached hydrogens (tertiary/aromatic N) is 2. The Labute approximate surface area is 95.7 Å². The minimum atomic E-state index is -3.47. The van der Waals surface area contributed by atoms with Crippen LogP contribution in [0.4, 0.5) is 0 Å². The molecule has 1 rings (SSSR count). The molecule has 0 fully saturated rings. The molecule has 0 saturated heterocycles. The number of ether oxygens (including phenoxy) is 1. The second-order valence-electron chi connectivity index (χ2n) is 3.58. The third-order valence-electron chi connectivity index (χ3n) is 2.34. The Bertz CT molecular complexity index is 433. The maximum absolute atomic E-state index is 12.2. The molecule has 0 unspecified atom stereocenters. The second-order valence-corrected chi connectivity index (χ2v) is 5.56. The highest BCUT2D eigenvalue weighted by Crippen LogP contribution is 2.20. The molecule has 0 aliphatic rings. The molecule has 7 heteroatoms. The minimum absolute atomic E-state index is 0.256. The number of aryl methyl sites for hydroxylation is 2. The Hall–Kier alpha value is -0.920. The van der Waals surface area contributed by atoms with Crippen LogP contribution in [0.5, 0.6) is 0 Å². The van der Waals surface area contributed by atoms with Gasteiger partial charge in [0, 0.05) is 20.7 Å². The van der Waals surface area contributed by atoms with Crippen molar-refractivity contribution in [2.24, 2.45) is 0 Å². The van der Waals surface area contributed by atoms with Gasteiger partial charge in [0.25, 0.3) is 0 Å². The van der Waals surface area contributed by atoms with Gasteiger partial charge in [0.05, 0.1) is 18.0 Å². The average molecular weight is 247 g/mol. The zero-order valence-corrected chi connectivity index (χ0v) is 10.8. The summed E-state index contributed by atoms with van der Waals surface area (Å²) in [4.78, 5) is 0.256. The van der Waals surface area contributed by atoms with Crippen molar-refractivity contribution in [3.63, 3.8) is 0 Å². The third kappa shape index (κ3) is 2.42. The summed E-state index contributed by atoms with van der Waals surface area (Å²) >= 11 is 0. The van der Waals surface area contributed by atoms with Crippen molar-refractivity contribution in [2.75, 3.05) is 27.3 Å². The van der Waals surface area contributed by atoms with Gasteiger partial charge in [-0.15, -0.1) is 0 Å². The Balaban J connectivity index is 3.02. The van der Waals surface area contributed by atoms with Gasteiger partial charge in [0.2, 0.25) is 10.0 Å². The van der Waals surface area contributed by atoms with Gasteiger partial charge in [-0.05, 0) is 13.8 Å². The molecule has 1 N–H and O–H groups in total. The maximum atomic E-state index is 12.2. The van der Waals surface area contributed by atoms with Gasteiger partial charge in [-0.2, -0.15) is 9.40 Å². The van der Waals surface area contributed by atoms with Crippen molar-refractivity contribution in [1.82, 2.24) is 14.5 Å². The standard InChI is InChI=1S/C9H17N3O3S/c1-7-9(8(2)11-10-7)16(13,14)12(3)5-6-15-4/h5-6H2,1-4H3,(H,10,11). The minimum Gasteiger partial charge on any atom is -0.383 e. The van der Waals surface area contributed by atoms with E-state index in [2.05, 4.69) is 10.2 Å². The fraction of sp³-hybridized carbons (Fsp3) is 0.667. The molecule has 0 radical (unpaired) electrons. The molecule has 0 spiro atoms. The Morgan fingerprint density at radius 3 is 2.50 bits per heavy atom. The van der Waals surface area contributed by atoms with Crippen LogP contribution in [0.25, 0.3) is 0 Å². The SMILES string of the molecule is COCCN(C)S(=O)(=O)c1c(C)n[nH]c1C. The summed E-state index contributed by atoms with van der Waals surface area (Å²) in [7, 11) is -0.405. The topological polar surface area (TPSA) is 75.3 Å². The number of sulfonamides is 1. The summed E-state index contributed by atoms with van der Waals surface area (Å²) < 4.78 is 30.4. The molecule has 0 amide bonds. The summed E-state index contributed by atoms with van der Waals surface area (Å²) in [6, 6.07) is 0. The molecular weight excluding hydrogens is 230 g/mol. The molecule has 0 aliphatic heterocycles. The summed E-state index contributed by atoms with van der Waals surface area (Å²) in [5.41, 5.74) is 1.04. The van der Waals surface area contributed by atoms with E-state index in [1.165, 1.54) is 18.5 Å². The van der Waals surface area contributed by atoms with Crippen LogP contribution in [0, 0.1) is 13.8 Å². The van der Waals surface area contributed by atoms with Gasteiger partial charge >= 0.3 is 0 Å².